The topological polar surface area (TPSA) is 73.8 Å². The van der Waals surface area contributed by atoms with Gasteiger partial charge in [-0.25, -0.2) is 17.8 Å². The Morgan fingerprint density at radius 2 is 2.03 bits per heavy atom. The van der Waals surface area contributed by atoms with Gasteiger partial charge in [0, 0.05) is 19.6 Å². The number of thiophene rings is 1. The molecule has 1 saturated heterocycles. The van der Waals surface area contributed by atoms with Crippen LogP contribution in [0.25, 0.3) is 10.2 Å². The number of anilines is 1. The lowest BCUT2D eigenvalue weighted by atomic mass is 10.0. The number of piperidine rings is 1. The highest BCUT2D eigenvalue weighted by Crippen LogP contribution is 2.33. The fourth-order valence-electron chi connectivity index (χ4n) is 3.76. The van der Waals surface area contributed by atoms with Gasteiger partial charge in [-0.15, -0.1) is 11.3 Å². The smallest absolute Gasteiger partial charge is 0.253 e. The van der Waals surface area contributed by atoms with Crippen molar-refractivity contribution in [3.8, 4) is 0 Å². The number of hydrogen-bond acceptors (Lipinski definition) is 7. The minimum atomic E-state index is -3.77. The van der Waals surface area contributed by atoms with E-state index >= 15 is 0 Å². The van der Waals surface area contributed by atoms with E-state index in [4.69, 9.17) is 0 Å². The molecule has 0 N–H and O–H groups in total. The van der Waals surface area contributed by atoms with E-state index in [-0.39, 0.29) is 15.6 Å². The zero-order valence-corrected chi connectivity index (χ0v) is 20.3. The fourth-order valence-corrected chi connectivity index (χ4v) is 7.55. The van der Waals surface area contributed by atoms with Crippen molar-refractivity contribution in [2.24, 2.45) is 0 Å². The second kappa shape index (κ2) is 9.52. The molecule has 1 aliphatic heterocycles. The molecule has 7 nitrogen and oxygen atoms in total. The number of carbonyl (C=O) groups is 1. The Morgan fingerprint density at radius 3 is 2.72 bits per heavy atom. The highest BCUT2D eigenvalue weighted by molar-refractivity contribution is 7.91. The molecular formula is C21H25FN4O3S3. The maximum atomic E-state index is 14.3. The van der Waals surface area contributed by atoms with Crippen molar-refractivity contribution in [1.29, 1.82) is 0 Å². The third-order valence-corrected chi connectivity index (χ3v) is 9.75. The first-order chi connectivity index (χ1) is 15.3. The summed E-state index contributed by atoms with van der Waals surface area (Å²) < 4.78 is 43.0. The first-order valence-corrected chi connectivity index (χ1v) is 13.5. The Kier molecular flexibility index (Phi) is 6.91. The minimum absolute atomic E-state index is 0.224. The third-order valence-electron chi connectivity index (χ3n) is 5.42. The van der Waals surface area contributed by atoms with E-state index in [0.717, 1.165) is 17.8 Å². The van der Waals surface area contributed by atoms with Gasteiger partial charge >= 0.3 is 0 Å². The van der Waals surface area contributed by atoms with E-state index in [9.17, 15) is 17.6 Å². The summed E-state index contributed by atoms with van der Waals surface area (Å²) in [5, 5.41) is 2.10. The molecule has 1 aromatic carbocycles. The zero-order valence-electron chi connectivity index (χ0n) is 17.9. The Balaban J connectivity index is 1.70. The molecule has 1 fully saturated rings. The molecule has 1 amide bonds. The molecule has 1 atom stereocenters. The summed E-state index contributed by atoms with van der Waals surface area (Å²) in [6.07, 6.45) is 1.92. The van der Waals surface area contributed by atoms with Gasteiger partial charge in [-0.05, 0) is 50.5 Å². The van der Waals surface area contributed by atoms with Crippen LogP contribution < -0.4 is 4.90 Å². The standard InChI is InChI=1S/C21H25FN4O3S3/c1-24(2)12-13-25(21-23-19-15(22)7-5-9-17(19)31-21)20(27)16-8-3-4-11-26(16)32(28,29)18-10-6-14-30-18/h5-7,9-10,14,16H,3-4,8,11-13H2,1-2H3. The van der Waals surface area contributed by atoms with E-state index < -0.39 is 21.9 Å². The molecule has 1 unspecified atom stereocenters. The molecule has 0 bridgehead atoms. The first kappa shape index (κ1) is 23.2. The average molecular weight is 497 g/mol. The fraction of sp³-hybridized carbons (Fsp3) is 0.429. The van der Waals surface area contributed by atoms with Crippen LogP contribution in [0, 0.1) is 5.82 Å². The Labute approximate surface area is 195 Å². The lowest BCUT2D eigenvalue weighted by Crippen LogP contribution is -2.53. The van der Waals surface area contributed by atoms with Crippen LogP contribution in [0.1, 0.15) is 19.3 Å². The summed E-state index contributed by atoms with van der Waals surface area (Å²) in [4.78, 5) is 21.6. The number of sulfonamides is 1. The Bertz CT molecular complexity index is 1190. The lowest BCUT2D eigenvalue weighted by molar-refractivity contribution is -0.123. The molecule has 32 heavy (non-hydrogen) atoms. The summed E-state index contributed by atoms with van der Waals surface area (Å²) >= 11 is 2.39. The number of fused-ring (bicyclic) bond motifs is 1. The SMILES string of the molecule is CN(C)CCN(C(=O)C1CCCCN1S(=O)(=O)c1cccs1)c1nc2c(F)cccc2s1. The van der Waals surface area contributed by atoms with Crippen LogP contribution in [0.3, 0.4) is 0 Å². The largest absolute Gasteiger partial charge is 0.308 e. The predicted molar refractivity (Wildman–Crippen MR) is 126 cm³/mol. The van der Waals surface area contributed by atoms with Crippen LogP contribution in [0.5, 0.6) is 0 Å². The van der Waals surface area contributed by atoms with Crippen LogP contribution in [0.4, 0.5) is 9.52 Å². The van der Waals surface area contributed by atoms with Crippen molar-refractivity contribution in [2.75, 3.05) is 38.6 Å². The third kappa shape index (κ3) is 4.58. The van der Waals surface area contributed by atoms with E-state index in [1.165, 1.54) is 26.6 Å². The van der Waals surface area contributed by atoms with Crippen molar-refractivity contribution in [3.63, 3.8) is 0 Å². The number of hydrogen-bond donors (Lipinski definition) is 0. The maximum absolute atomic E-state index is 14.3. The molecule has 11 heteroatoms. The van der Waals surface area contributed by atoms with Crippen LogP contribution in [-0.2, 0) is 14.8 Å². The second-order valence-electron chi connectivity index (χ2n) is 7.94. The highest BCUT2D eigenvalue weighted by atomic mass is 32.2. The van der Waals surface area contributed by atoms with Gasteiger partial charge in [0.2, 0.25) is 5.91 Å². The molecule has 1 aliphatic rings. The second-order valence-corrected chi connectivity index (χ2v) is 12.0. The number of likely N-dealkylation sites (N-methyl/N-ethyl adjacent to an activating group) is 1. The summed E-state index contributed by atoms with van der Waals surface area (Å²) in [5.41, 5.74) is 0.224. The van der Waals surface area contributed by atoms with Gasteiger partial charge in [0.25, 0.3) is 10.0 Å². The number of carbonyl (C=O) groups excluding carboxylic acids is 1. The molecule has 4 rings (SSSR count). The minimum Gasteiger partial charge on any atom is -0.308 e. The molecule has 172 valence electrons. The number of benzene rings is 1. The molecule has 0 aliphatic carbocycles. The monoisotopic (exact) mass is 496 g/mol. The van der Waals surface area contributed by atoms with E-state index in [2.05, 4.69) is 4.98 Å². The summed E-state index contributed by atoms with van der Waals surface area (Å²) in [7, 11) is 0.0210. The number of thiazole rings is 1. The highest BCUT2D eigenvalue weighted by Gasteiger charge is 2.40. The zero-order chi connectivity index (χ0) is 22.9. The number of para-hydroxylation sites is 1. The van der Waals surface area contributed by atoms with E-state index in [1.54, 1.807) is 29.6 Å². The van der Waals surface area contributed by atoms with Gasteiger partial charge < -0.3 is 4.90 Å². The van der Waals surface area contributed by atoms with Crippen LogP contribution in [0.2, 0.25) is 0 Å². The normalized spacial score (nSPS) is 17.8. The predicted octanol–water partition coefficient (Wildman–Crippen LogP) is 3.63. The summed E-state index contributed by atoms with van der Waals surface area (Å²) in [6, 6.07) is 7.17. The van der Waals surface area contributed by atoms with Gasteiger partial charge in [0.05, 0.1) is 4.70 Å². The van der Waals surface area contributed by atoms with Gasteiger partial charge in [-0.2, -0.15) is 4.31 Å². The van der Waals surface area contributed by atoms with Crippen LogP contribution in [-0.4, -0.2) is 68.3 Å². The van der Waals surface area contributed by atoms with Crippen molar-refractivity contribution in [2.45, 2.75) is 29.5 Å². The molecular weight excluding hydrogens is 471 g/mol. The Hall–Kier alpha value is -1.92. The van der Waals surface area contributed by atoms with Crippen molar-refractivity contribution >= 4 is 54.0 Å². The molecule has 0 spiro atoms. The molecule has 3 heterocycles. The number of aromatic nitrogens is 1. The number of amides is 1. The van der Waals surface area contributed by atoms with Crippen LogP contribution >= 0.6 is 22.7 Å². The lowest BCUT2D eigenvalue weighted by Gasteiger charge is -2.36. The summed E-state index contributed by atoms with van der Waals surface area (Å²) in [5.74, 6) is -0.754. The van der Waals surface area contributed by atoms with Crippen LogP contribution in [0.15, 0.2) is 39.9 Å². The first-order valence-electron chi connectivity index (χ1n) is 10.4. The van der Waals surface area contributed by atoms with Crippen molar-refractivity contribution in [1.82, 2.24) is 14.2 Å². The van der Waals surface area contributed by atoms with Gasteiger partial charge in [-0.1, -0.05) is 29.9 Å². The quantitative estimate of drug-likeness (QED) is 0.499. The summed E-state index contributed by atoms with van der Waals surface area (Å²) in [6.45, 7) is 1.19. The van der Waals surface area contributed by atoms with E-state index in [1.807, 2.05) is 19.0 Å². The molecule has 2 aromatic heterocycles. The number of rotatable bonds is 7. The van der Waals surface area contributed by atoms with Crippen molar-refractivity contribution < 1.29 is 17.6 Å². The van der Waals surface area contributed by atoms with Gasteiger partial charge in [0.15, 0.2) is 5.13 Å². The molecule has 0 radical (unpaired) electrons. The average Bonchev–Trinajstić information content (AvgIpc) is 3.45. The Morgan fingerprint density at radius 1 is 1.22 bits per heavy atom. The molecule has 3 aromatic rings. The van der Waals surface area contributed by atoms with Crippen molar-refractivity contribution in [3.05, 3.63) is 41.5 Å². The van der Waals surface area contributed by atoms with Gasteiger partial charge in [0.1, 0.15) is 21.6 Å². The number of nitrogens with zero attached hydrogens (tertiary/aromatic N) is 4. The van der Waals surface area contributed by atoms with Gasteiger partial charge in [-0.3, -0.25) is 9.69 Å². The maximum Gasteiger partial charge on any atom is 0.253 e. The number of halogens is 1. The molecule has 0 saturated carbocycles. The van der Waals surface area contributed by atoms with E-state index in [0.29, 0.717) is 42.3 Å².